The maximum Gasteiger partial charge on any atom is 0.325 e. The fourth-order valence-electron chi connectivity index (χ4n) is 1.86. The molecule has 0 aliphatic heterocycles. The van der Waals surface area contributed by atoms with E-state index in [-0.39, 0.29) is 12.0 Å². The summed E-state index contributed by atoms with van der Waals surface area (Å²) in [4.78, 5) is 11.5. The smallest absolute Gasteiger partial charge is 0.325 e. The van der Waals surface area contributed by atoms with Crippen LogP contribution >= 0.6 is 0 Å². The molecule has 4 heteroatoms. The van der Waals surface area contributed by atoms with Gasteiger partial charge in [0.2, 0.25) is 0 Å². The molecular weight excluding hydrogens is 242 g/mol. The van der Waals surface area contributed by atoms with Gasteiger partial charge < -0.3 is 14.8 Å². The first-order chi connectivity index (χ1) is 9.26. The van der Waals surface area contributed by atoms with Crippen LogP contribution in [0.15, 0.2) is 0 Å². The van der Waals surface area contributed by atoms with E-state index in [0.717, 1.165) is 26.0 Å². The van der Waals surface area contributed by atoms with E-state index in [1.807, 2.05) is 0 Å². The maximum atomic E-state index is 11.5. The quantitative estimate of drug-likeness (QED) is 0.414. The first kappa shape index (κ1) is 18.4. The number of esters is 1. The van der Waals surface area contributed by atoms with Gasteiger partial charge in [-0.15, -0.1) is 0 Å². The van der Waals surface area contributed by atoms with Gasteiger partial charge in [-0.1, -0.05) is 46.0 Å². The monoisotopic (exact) mass is 273 g/mol. The summed E-state index contributed by atoms with van der Waals surface area (Å²) in [5.74, 6) is -0.239. The summed E-state index contributed by atoms with van der Waals surface area (Å²) in [7, 11) is 1.41. The third-order valence-electron chi connectivity index (χ3n) is 3.05. The van der Waals surface area contributed by atoms with Crippen molar-refractivity contribution in [1.82, 2.24) is 5.32 Å². The van der Waals surface area contributed by atoms with E-state index >= 15 is 0 Å². The van der Waals surface area contributed by atoms with Crippen molar-refractivity contribution in [3.8, 4) is 0 Å². The molecule has 0 aromatic carbocycles. The predicted molar refractivity (Wildman–Crippen MR) is 78.3 cm³/mol. The van der Waals surface area contributed by atoms with E-state index < -0.39 is 0 Å². The van der Waals surface area contributed by atoms with Crippen molar-refractivity contribution in [2.45, 2.75) is 64.8 Å². The van der Waals surface area contributed by atoms with Gasteiger partial charge >= 0.3 is 5.97 Å². The lowest BCUT2D eigenvalue weighted by molar-refractivity contribution is -0.144. The van der Waals surface area contributed by atoms with E-state index in [2.05, 4.69) is 19.2 Å². The molecule has 0 saturated heterocycles. The van der Waals surface area contributed by atoms with Crippen LogP contribution in [0.3, 0.4) is 0 Å². The molecule has 0 aliphatic carbocycles. The Labute approximate surface area is 118 Å². The fourth-order valence-corrected chi connectivity index (χ4v) is 1.86. The standard InChI is InChI=1S/C15H31NO3/c1-4-6-7-8-9-10-12-19-13-14(15(17)18-3)16-11-5-2/h14,16H,4-13H2,1-3H3. The van der Waals surface area contributed by atoms with Gasteiger partial charge in [0, 0.05) is 6.61 Å². The van der Waals surface area contributed by atoms with E-state index in [0.29, 0.717) is 6.61 Å². The van der Waals surface area contributed by atoms with Gasteiger partial charge in [0.05, 0.1) is 13.7 Å². The number of rotatable bonds is 13. The van der Waals surface area contributed by atoms with Crippen molar-refractivity contribution in [2.75, 3.05) is 26.9 Å². The van der Waals surface area contributed by atoms with E-state index in [4.69, 9.17) is 9.47 Å². The van der Waals surface area contributed by atoms with Crippen LogP contribution in [0, 0.1) is 0 Å². The molecule has 0 bridgehead atoms. The Morgan fingerprint density at radius 3 is 2.37 bits per heavy atom. The molecule has 0 amide bonds. The Hall–Kier alpha value is -0.610. The molecule has 0 aromatic rings. The molecule has 4 nitrogen and oxygen atoms in total. The molecule has 114 valence electrons. The van der Waals surface area contributed by atoms with Gasteiger partial charge in [0.1, 0.15) is 6.04 Å². The third kappa shape index (κ3) is 11.0. The highest BCUT2D eigenvalue weighted by Gasteiger charge is 2.17. The van der Waals surface area contributed by atoms with Gasteiger partial charge in [0.15, 0.2) is 0 Å². The molecular formula is C15H31NO3. The third-order valence-corrected chi connectivity index (χ3v) is 3.05. The molecule has 0 spiro atoms. The first-order valence-electron chi connectivity index (χ1n) is 7.65. The number of carbonyl (C=O) groups is 1. The van der Waals surface area contributed by atoms with Gasteiger partial charge in [0.25, 0.3) is 0 Å². The van der Waals surface area contributed by atoms with Gasteiger partial charge in [-0.05, 0) is 19.4 Å². The molecule has 1 unspecified atom stereocenters. The first-order valence-corrected chi connectivity index (χ1v) is 7.65. The average Bonchev–Trinajstić information content (AvgIpc) is 2.44. The Balaban J connectivity index is 3.55. The van der Waals surface area contributed by atoms with Crippen molar-refractivity contribution in [2.24, 2.45) is 0 Å². The van der Waals surface area contributed by atoms with Crippen LogP contribution in [0.25, 0.3) is 0 Å². The highest BCUT2D eigenvalue weighted by molar-refractivity contribution is 5.75. The van der Waals surface area contributed by atoms with Crippen molar-refractivity contribution >= 4 is 5.97 Å². The van der Waals surface area contributed by atoms with Crippen molar-refractivity contribution in [3.05, 3.63) is 0 Å². The Morgan fingerprint density at radius 1 is 1.05 bits per heavy atom. The van der Waals surface area contributed by atoms with Crippen LogP contribution in [0.1, 0.15) is 58.8 Å². The van der Waals surface area contributed by atoms with Gasteiger partial charge in [-0.25, -0.2) is 0 Å². The molecule has 0 aromatic heterocycles. The van der Waals surface area contributed by atoms with Crippen molar-refractivity contribution in [1.29, 1.82) is 0 Å². The number of nitrogens with one attached hydrogen (secondary N) is 1. The zero-order chi connectivity index (χ0) is 14.3. The zero-order valence-corrected chi connectivity index (χ0v) is 12.9. The second-order valence-corrected chi connectivity index (χ2v) is 4.87. The number of hydrogen-bond donors (Lipinski definition) is 1. The maximum absolute atomic E-state index is 11.5. The molecule has 19 heavy (non-hydrogen) atoms. The van der Waals surface area contributed by atoms with Crippen LogP contribution in [0.4, 0.5) is 0 Å². The lowest BCUT2D eigenvalue weighted by Gasteiger charge is -2.16. The Bertz CT molecular complexity index is 210. The second-order valence-electron chi connectivity index (χ2n) is 4.87. The summed E-state index contributed by atoms with van der Waals surface area (Å²) in [5.41, 5.74) is 0. The fraction of sp³-hybridized carbons (Fsp3) is 0.933. The van der Waals surface area contributed by atoms with Crippen molar-refractivity contribution < 1.29 is 14.3 Å². The molecule has 0 aliphatic rings. The summed E-state index contributed by atoms with van der Waals surface area (Å²) in [6.07, 6.45) is 8.49. The number of ether oxygens (including phenoxy) is 2. The molecule has 0 radical (unpaired) electrons. The SMILES string of the molecule is CCCCCCCCOCC(NCCC)C(=O)OC. The largest absolute Gasteiger partial charge is 0.468 e. The molecule has 1 N–H and O–H groups in total. The molecule has 0 saturated carbocycles. The van der Waals surface area contributed by atoms with Crippen LogP contribution < -0.4 is 5.32 Å². The molecule has 1 atom stereocenters. The summed E-state index contributed by atoms with van der Waals surface area (Å²) < 4.78 is 10.3. The van der Waals surface area contributed by atoms with Crippen LogP contribution in [-0.2, 0) is 14.3 Å². The van der Waals surface area contributed by atoms with Crippen LogP contribution in [0.2, 0.25) is 0 Å². The minimum absolute atomic E-state index is 0.239. The number of hydrogen-bond acceptors (Lipinski definition) is 4. The van der Waals surface area contributed by atoms with Gasteiger partial charge in [-0.3, -0.25) is 4.79 Å². The summed E-state index contributed by atoms with van der Waals surface area (Å²) in [6, 6.07) is -0.329. The van der Waals surface area contributed by atoms with E-state index in [9.17, 15) is 4.79 Å². The second kappa shape index (κ2) is 13.8. The van der Waals surface area contributed by atoms with Crippen molar-refractivity contribution in [3.63, 3.8) is 0 Å². The number of methoxy groups -OCH3 is 1. The lowest BCUT2D eigenvalue weighted by atomic mass is 10.1. The zero-order valence-electron chi connectivity index (χ0n) is 12.9. The van der Waals surface area contributed by atoms with E-state index in [1.54, 1.807) is 0 Å². The van der Waals surface area contributed by atoms with Crippen LogP contribution in [-0.4, -0.2) is 38.9 Å². The lowest BCUT2D eigenvalue weighted by Crippen LogP contribution is -2.41. The Morgan fingerprint density at radius 2 is 1.74 bits per heavy atom. The molecule has 0 fully saturated rings. The highest BCUT2D eigenvalue weighted by Crippen LogP contribution is 2.05. The van der Waals surface area contributed by atoms with Crippen LogP contribution in [0.5, 0.6) is 0 Å². The predicted octanol–water partition coefficient (Wildman–Crippen LogP) is 2.90. The minimum Gasteiger partial charge on any atom is -0.468 e. The number of carbonyl (C=O) groups excluding carboxylic acids is 1. The average molecular weight is 273 g/mol. The topological polar surface area (TPSA) is 47.6 Å². The summed E-state index contributed by atoms with van der Waals surface area (Å²) in [6.45, 7) is 6.23. The number of unbranched alkanes of at least 4 members (excludes halogenated alkanes) is 5. The normalized spacial score (nSPS) is 12.4. The van der Waals surface area contributed by atoms with Gasteiger partial charge in [-0.2, -0.15) is 0 Å². The van der Waals surface area contributed by atoms with E-state index in [1.165, 1.54) is 39.2 Å². The summed E-state index contributed by atoms with van der Waals surface area (Å²) in [5, 5.41) is 3.14. The summed E-state index contributed by atoms with van der Waals surface area (Å²) >= 11 is 0. The highest BCUT2D eigenvalue weighted by atomic mass is 16.5. The minimum atomic E-state index is -0.329. The molecule has 0 heterocycles. The molecule has 0 rings (SSSR count). The Kier molecular flexibility index (Phi) is 13.4.